The molecule has 0 spiro atoms. The number of nitrogens with zero attached hydrogens (tertiary/aromatic N) is 1. The van der Waals surface area contributed by atoms with Gasteiger partial charge in [-0.05, 0) is 45.4 Å². The predicted octanol–water partition coefficient (Wildman–Crippen LogP) is 5.57. The predicted molar refractivity (Wildman–Crippen MR) is 156 cm³/mol. The van der Waals surface area contributed by atoms with Crippen LogP contribution in [0.2, 0.25) is 0 Å². The highest BCUT2D eigenvalue weighted by Crippen LogP contribution is 2.07. The minimum Gasteiger partial charge on any atom is -0.726 e. The van der Waals surface area contributed by atoms with E-state index in [4.69, 9.17) is 14.2 Å². The lowest BCUT2D eigenvalue weighted by atomic mass is 10.1. The van der Waals surface area contributed by atoms with E-state index < -0.39 is 10.4 Å². The molecule has 0 saturated heterocycles. The highest BCUT2D eigenvalue weighted by molar-refractivity contribution is 7.80. The third-order valence-corrected chi connectivity index (χ3v) is 5.89. The van der Waals surface area contributed by atoms with Gasteiger partial charge in [-0.2, -0.15) is 0 Å². The van der Waals surface area contributed by atoms with Crippen LogP contribution in [0.25, 0.3) is 0 Å². The topological polar surface area (TPSA) is 111 Å². The van der Waals surface area contributed by atoms with E-state index in [1.54, 1.807) is 0 Å². The first-order valence-electron chi connectivity index (χ1n) is 14.5. The zero-order chi connectivity index (χ0) is 29.7. The summed E-state index contributed by atoms with van der Waals surface area (Å²) in [5, 5.41) is 0. The number of ether oxygens (including phenoxy) is 3. The summed E-state index contributed by atoms with van der Waals surface area (Å²) in [5.74, 6) is -0.117. The molecular weight excluding hydrogens is 522 g/mol. The second-order valence-corrected chi connectivity index (χ2v) is 11.3. The fraction of sp³-hybridized carbons (Fsp3) is 0.828. The number of carbonyl (C=O) groups is 1. The van der Waals surface area contributed by atoms with Crippen molar-refractivity contribution >= 4 is 16.4 Å². The Balaban J connectivity index is 0. The van der Waals surface area contributed by atoms with Gasteiger partial charge in [0.05, 0.1) is 54.2 Å². The van der Waals surface area contributed by atoms with E-state index in [0.717, 1.165) is 43.3 Å². The van der Waals surface area contributed by atoms with Gasteiger partial charge in [-0.25, -0.2) is 8.42 Å². The third kappa shape index (κ3) is 41.3. The van der Waals surface area contributed by atoms with Crippen LogP contribution in [0.3, 0.4) is 0 Å². The van der Waals surface area contributed by atoms with Gasteiger partial charge in [0, 0.05) is 6.42 Å². The van der Waals surface area contributed by atoms with Crippen molar-refractivity contribution in [3.05, 3.63) is 24.3 Å². The molecule has 0 aromatic heterocycles. The van der Waals surface area contributed by atoms with E-state index in [2.05, 4.69) is 56.6 Å². The number of hydrogen-bond acceptors (Lipinski definition) is 8. The molecule has 232 valence electrons. The van der Waals surface area contributed by atoms with Crippen LogP contribution in [-0.4, -0.2) is 90.8 Å². The van der Waals surface area contributed by atoms with Crippen molar-refractivity contribution in [3.8, 4) is 0 Å². The molecule has 0 atom stereocenters. The Morgan fingerprint density at radius 3 is 1.79 bits per heavy atom. The fourth-order valence-corrected chi connectivity index (χ4v) is 3.46. The summed E-state index contributed by atoms with van der Waals surface area (Å²) >= 11 is 0. The Labute approximate surface area is 239 Å². The maximum atomic E-state index is 11.7. The van der Waals surface area contributed by atoms with Crippen molar-refractivity contribution in [3.63, 3.8) is 0 Å². The molecule has 0 aliphatic carbocycles. The SMILES string of the molecule is CCCCCC/C=C/C/C=C/CCCCCCC(=O)OCCOCCOCC[N+](C)(C)C.CCOS(=O)(=O)[O-]. The molecular formula is C29H57NO8S. The molecule has 0 bridgehead atoms. The lowest BCUT2D eigenvalue weighted by molar-refractivity contribution is -0.870. The highest BCUT2D eigenvalue weighted by Gasteiger charge is 2.05. The number of carbonyl (C=O) groups excluding carboxylic acids is 1. The second-order valence-electron chi connectivity index (χ2n) is 10.3. The first-order chi connectivity index (χ1) is 18.5. The number of allylic oxidation sites excluding steroid dienone is 4. The average Bonchev–Trinajstić information content (AvgIpc) is 2.84. The van der Waals surface area contributed by atoms with Gasteiger partial charge in [-0.1, -0.05) is 63.3 Å². The minimum atomic E-state index is -4.42. The Bertz CT molecular complexity index is 703. The molecule has 0 radical (unpaired) electrons. The first-order valence-corrected chi connectivity index (χ1v) is 15.9. The average molecular weight is 580 g/mol. The van der Waals surface area contributed by atoms with Gasteiger partial charge in [0.1, 0.15) is 13.2 Å². The summed E-state index contributed by atoms with van der Waals surface area (Å²) in [7, 11) is 2.00. The highest BCUT2D eigenvalue weighted by atomic mass is 32.3. The summed E-state index contributed by atoms with van der Waals surface area (Å²) in [6, 6.07) is 0. The van der Waals surface area contributed by atoms with Gasteiger partial charge in [0.15, 0.2) is 0 Å². The molecule has 0 amide bonds. The zero-order valence-electron chi connectivity index (χ0n) is 25.4. The van der Waals surface area contributed by atoms with Crippen molar-refractivity contribution in [2.24, 2.45) is 0 Å². The summed E-state index contributed by atoms with van der Waals surface area (Å²) in [6.07, 6.45) is 22.7. The van der Waals surface area contributed by atoms with Crippen LogP contribution in [0, 0.1) is 0 Å². The maximum Gasteiger partial charge on any atom is 0.305 e. The Kier molecular flexibility index (Phi) is 28.8. The number of unbranched alkanes of at least 4 members (excludes halogenated alkanes) is 8. The van der Waals surface area contributed by atoms with Crippen LogP contribution >= 0.6 is 0 Å². The number of rotatable bonds is 25. The minimum absolute atomic E-state index is 0.0914. The van der Waals surface area contributed by atoms with Gasteiger partial charge in [-0.3, -0.25) is 8.98 Å². The van der Waals surface area contributed by atoms with E-state index >= 15 is 0 Å². The van der Waals surface area contributed by atoms with E-state index in [9.17, 15) is 17.8 Å². The smallest absolute Gasteiger partial charge is 0.305 e. The number of likely N-dealkylation sites (N-methyl/N-ethyl adjacent to an activating group) is 1. The molecule has 0 heterocycles. The molecule has 0 fully saturated rings. The monoisotopic (exact) mass is 579 g/mol. The quantitative estimate of drug-likeness (QED) is 0.0345. The molecule has 0 N–H and O–H groups in total. The van der Waals surface area contributed by atoms with Crippen molar-refractivity contribution < 1.29 is 40.6 Å². The zero-order valence-corrected chi connectivity index (χ0v) is 26.2. The van der Waals surface area contributed by atoms with Crippen LogP contribution in [0.4, 0.5) is 0 Å². The van der Waals surface area contributed by atoms with E-state index in [1.165, 1.54) is 51.9 Å². The Morgan fingerprint density at radius 1 is 0.744 bits per heavy atom. The maximum absolute atomic E-state index is 11.7. The van der Waals surface area contributed by atoms with Gasteiger partial charge in [-0.15, -0.1) is 0 Å². The van der Waals surface area contributed by atoms with E-state index in [0.29, 0.717) is 32.8 Å². The van der Waals surface area contributed by atoms with E-state index in [1.807, 2.05) is 0 Å². The van der Waals surface area contributed by atoms with Crippen molar-refractivity contribution in [1.82, 2.24) is 0 Å². The normalized spacial score (nSPS) is 12.2. The first kappa shape index (κ1) is 39.8. The Morgan fingerprint density at radius 2 is 1.28 bits per heavy atom. The third-order valence-electron chi connectivity index (χ3n) is 5.36. The van der Waals surface area contributed by atoms with Gasteiger partial charge in [0.25, 0.3) is 0 Å². The standard InChI is InChI=1S/C27H52NO4.C2H6O4S/c1-5-6-7-8-9-10-11-12-13-14-15-16-17-18-19-20-27(29)32-26-25-31-24-23-30-22-21-28(2,3)4;1-2-6-7(3,4)5/h10-11,13-14H,5-9,12,15-26H2,1-4H3;2H2,1H3,(H,3,4,5)/q+1;/p-1/b11-10+,14-13+;. The van der Waals surface area contributed by atoms with Crippen LogP contribution in [0.15, 0.2) is 24.3 Å². The molecule has 10 heteroatoms. The van der Waals surface area contributed by atoms with Crippen LogP contribution in [0.1, 0.15) is 90.9 Å². The van der Waals surface area contributed by atoms with Gasteiger partial charge in [0.2, 0.25) is 10.4 Å². The van der Waals surface area contributed by atoms with Crippen molar-refractivity contribution in [1.29, 1.82) is 0 Å². The summed E-state index contributed by atoms with van der Waals surface area (Å²) < 4.78 is 49.1. The van der Waals surface area contributed by atoms with Gasteiger partial charge < -0.3 is 23.2 Å². The van der Waals surface area contributed by atoms with Gasteiger partial charge >= 0.3 is 5.97 Å². The fourth-order valence-electron chi connectivity index (χ4n) is 3.17. The summed E-state index contributed by atoms with van der Waals surface area (Å²) in [4.78, 5) is 11.7. The van der Waals surface area contributed by atoms with Crippen molar-refractivity contribution in [2.75, 3.05) is 67.3 Å². The molecule has 0 aromatic rings. The van der Waals surface area contributed by atoms with E-state index in [-0.39, 0.29) is 12.6 Å². The lowest BCUT2D eigenvalue weighted by Gasteiger charge is -2.23. The van der Waals surface area contributed by atoms with Crippen LogP contribution in [0.5, 0.6) is 0 Å². The second kappa shape index (κ2) is 28.2. The number of esters is 1. The molecule has 0 saturated carbocycles. The summed E-state index contributed by atoms with van der Waals surface area (Å²) in [5.41, 5.74) is 0. The molecule has 0 aliphatic rings. The van der Waals surface area contributed by atoms with Crippen LogP contribution in [-0.2, 0) is 33.6 Å². The molecule has 0 aliphatic heterocycles. The van der Waals surface area contributed by atoms with Crippen LogP contribution < -0.4 is 0 Å². The molecule has 9 nitrogen and oxygen atoms in total. The lowest BCUT2D eigenvalue weighted by Crippen LogP contribution is -2.37. The molecule has 0 rings (SSSR count). The largest absolute Gasteiger partial charge is 0.726 e. The Hall–Kier alpha value is -1.30. The number of quaternary nitrogens is 1. The van der Waals surface area contributed by atoms with Crippen molar-refractivity contribution in [2.45, 2.75) is 90.9 Å². The molecule has 0 unspecified atom stereocenters. The number of hydrogen-bond donors (Lipinski definition) is 0. The molecule has 0 aromatic carbocycles. The molecule has 39 heavy (non-hydrogen) atoms. The summed E-state index contributed by atoms with van der Waals surface area (Å²) in [6.45, 7) is 7.18.